The lowest BCUT2D eigenvalue weighted by molar-refractivity contribution is -0.118. The molecule has 0 saturated carbocycles. The molecule has 0 fully saturated rings. The Labute approximate surface area is 109 Å². The van der Waals surface area contributed by atoms with Crippen molar-refractivity contribution in [1.29, 1.82) is 0 Å². The van der Waals surface area contributed by atoms with E-state index in [4.69, 9.17) is 11.6 Å². The van der Waals surface area contributed by atoms with E-state index >= 15 is 0 Å². The van der Waals surface area contributed by atoms with Crippen LogP contribution in [0.1, 0.15) is 19.8 Å². The molecule has 0 bridgehead atoms. The molecule has 1 aromatic carbocycles. The lowest BCUT2D eigenvalue weighted by atomic mass is 10.2. The van der Waals surface area contributed by atoms with Crippen LogP contribution in [0.2, 0.25) is 5.02 Å². The van der Waals surface area contributed by atoms with Crippen LogP contribution in [0.15, 0.2) is 18.2 Å². The van der Waals surface area contributed by atoms with Gasteiger partial charge in [0.25, 0.3) is 0 Å². The normalized spacial score (nSPS) is 10.8. The number of carbonyl (C=O) groups excluding carboxylic acids is 1. The molecular formula is C12H13ClN2OS. The van der Waals surface area contributed by atoms with Crippen LogP contribution in [0.4, 0.5) is 5.82 Å². The van der Waals surface area contributed by atoms with Crippen molar-refractivity contribution in [1.82, 2.24) is 4.37 Å². The highest BCUT2D eigenvalue weighted by Crippen LogP contribution is 2.34. The van der Waals surface area contributed by atoms with E-state index in [1.807, 2.05) is 25.1 Å². The molecule has 0 aliphatic rings. The first-order valence-electron chi connectivity index (χ1n) is 5.45. The van der Waals surface area contributed by atoms with Crippen molar-refractivity contribution in [2.24, 2.45) is 0 Å². The summed E-state index contributed by atoms with van der Waals surface area (Å²) in [6.45, 7) is 1.98. The number of nitrogens with zero attached hydrogens (tertiary/aromatic N) is 2. The first-order valence-corrected chi connectivity index (χ1v) is 6.60. The number of halogens is 1. The summed E-state index contributed by atoms with van der Waals surface area (Å²) in [5, 5.41) is 1.51. The molecular weight excluding hydrogens is 256 g/mol. The quantitative estimate of drug-likeness (QED) is 0.850. The minimum Gasteiger partial charge on any atom is -0.299 e. The van der Waals surface area contributed by atoms with Crippen molar-refractivity contribution in [3.63, 3.8) is 0 Å². The molecule has 0 spiro atoms. The number of aromatic nitrogens is 1. The zero-order chi connectivity index (χ0) is 12.4. The van der Waals surface area contributed by atoms with E-state index in [1.165, 1.54) is 11.5 Å². The molecule has 0 aliphatic heterocycles. The maximum Gasteiger partial charge on any atom is 0.227 e. The Morgan fingerprint density at radius 2 is 2.29 bits per heavy atom. The first-order chi connectivity index (χ1) is 8.15. The Hall–Kier alpha value is -1.13. The van der Waals surface area contributed by atoms with Gasteiger partial charge in [-0.1, -0.05) is 24.6 Å². The zero-order valence-electron chi connectivity index (χ0n) is 9.74. The highest BCUT2D eigenvalue weighted by Gasteiger charge is 2.17. The van der Waals surface area contributed by atoms with Crippen LogP contribution in [0.3, 0.4) is 0 Å². The van der Waals surface area contributed by atoms with E-state index < -0.39 is 0 Å². The molecule has 0 aliphatic carbocycles. The molecule has 0 N–H and O–H groups in total. The number of carbonyl (C=O) groups is 1. The molecule has 3 nitrogen and oxygen atoms in total. The van der Waals surface area contributed by atoms with Crippen LogP contribution in [-0.2, 0) is 4.79 Å². The minimum absolute atomic E-state index is 0.0691. The van der Waals surface area contributed by atoms with E-state index in [0.717, 1.165) is 16.5 Å². The Kier molecular flexibility index (Phi) is 3.64. The molecule has 17 heavy (non-hydrogen) atoms. The van der Waals surface area contributed by atoms with Gasteiger partial charge in [-0.2, -0.15) is 4.37 Å². The zero-order valence-corrected chi connectivity index (χ0v) is 11.3. The average Bonchev–Trinajstić information content (AvgIpc) is 2.73. The molecule has 0 radical (unpaired) electrons. The summed E-state index contributed by atoms with van der Waals surface area (Å²) in [6.07, 6.45) is 1.36. The molecule has 2 rings (SSSR count). The molecule has 1 aromatic heterocycles. The fraction of sp³-hybridized carbons (Fsp3) is 0.333. The van der Waals surface area contributed by atoms with Crippen molar-refractivity contribution >= 4 is 44.9 Å². The van der Waals surface area contributed by atoms with Crippen LogP contribution in [0.5, 0.6) is 0 Å². The second-order valence-corrected chi connectivity index (χ2v) is 5.03. The van der Waals surface area contributed by atoms with E-state index in [9.17, 15) is 4.79 Å². The molecule has 90 valence electrons. The number of fused-ring (bicyclic) bond motifs is 1. The number of benzene rings is 1. The predicted octanol–water partition coefficient (Wildman–Crippen LogP) is 3.71. The van der Waals surface area contributed by atoms with Gasteiger partial charge < -0.3 is 0 Å². The van der Waals surface area contributed by atoms with E-state index in [0.29, 0.717) is 17.3 Å². The third kappa shape index (κ3) is 2.28. The highest BCUT2D eigenvalue weighted by atomic mass is 35.5. The maximum atomic E-state index is 11.8. The Balaban J connectivity index is 2.45. The Morgan fingerprint density at radius 1 is 1.53 bits per heavy atom. The van der Waals surface area contributed by atoms with Crippen LogP contribution >= 0.6 is 23.1 Å². The van der Waals surface area contributed by atoms with Gasteiger partial charge in [0.2, 0.25) is 5.91 Å². The summed E-state index contributed by atoms with van der Waals surface area (Å²) in [5.41, 5.74) is 0. The van der Waals surface area contributed by atoms with Crippen molar-refractivity contribution < 1.29 is 4.79 Å². The monoisotopic (exact) mass is 268 g/mol. The van der Waals surface area contributed by atoms with Gasteiger partial charge in [-0.3, -0.25) is 9.69 Å². The van der Waals surface area contributed by atoms with Gasteiger partial charge in [-0.05, 0) is 30.1 Å². The number of hydrogen-bond acceptors (Lipinski definition) is 3. The molecule has 0 unspecified atom stereocenters. The largest absolute Gasteiger partial charge is 0.299 e. The van der Waals surface area contributed by atoms with Crippen molar-refractivity contribution in [3.8, 4) is 0 Å². The van der Waals surface area contributed by atoms with Gasteiger partial charge in [-0.15, -0.1) is 0 Å². The lowest BCUT2D eigenvalue weighted by Crippen LogP contribution is -2.26. The van der Waals surface area contributed by atoms with Gasteiger partial charge in [0, 0.05) is 13.5 Å². The summed E-state index contributed by atoms with van der Waals surface area (Å²) in [6, 6.07) is 5.67. The first kappa shape index (κ1) is 12.3. The smallest absolute Gasteiger partial charge is 0.227 e. The topological polar surface area (TPSA) is 33.2 Å². The van der Waals surface area contributed by atoms with Crippen LogP contribution in [-0.4, -0.2) is 17.3 Å². The fourth-order valence-corrected chi connectivity index (χ4v) is 2.81. The van der Waals surface area contributed by atoms with Gasteiger partial charge in [-0.25, -0.2) is 0 Å². The summed E-state index contributed by atoms with van der Waals surface area (Å²) < 4.78 is 5.33. The summed E-state index contributed by atoms with van der Waals surface area (Å²) in [7, 11) is 1.75. The molecule has 0 saturated heterocycles. The molecule has 5 heteroatoms. The minimum atomic E-state index is 0.0691. The SMILES string of the molecule is CCCC(=O)N(C)c1nsc2cccc(Cl)c12. The average molecular weight is 269 g/mol. The highest BCUT2D eigenvalue weighted by molar-refractivity contribution is 7.13. The second kappa shape index (κ2) is 5.02. The van der Waals surface area contributed by atoms with E-state index in [2.05, 4.69) is 4.37 Å². The summed E-state index contributed by atoms with van der Waals surface area (Å²) in [4.78, 5) is 13.4. The second-order valence-electron chi connectivity index (χ2n) is 3.82. The molecule has 1 heterocycles. The van der Waals surface area contributed by atoms with Gasteiger partial charge >= 0.3 is 0 Å². The van der Waals surface area contributed by atoms with Crippen molar-refractivity contribution in [2.75, 3.05) is 11.9 Å². The summed E-state index contributed by atoms with van der Waals surface area (Å²) >= 11 is 7.52. The maximum absolute atomic E-state index is 11.8. The van der Waals surface area contributed by atoms with Gasteiger partial charge in [0.1, 0.15) is 0 Å². The molecule has 0 atom stereocenters. The third-order valence-corrected chi connectivity index (χ3v) is 3.70. The number of hydrogen-bond donors (Lipinski definition) is 0. The van der Waals surface area contributed by atoms with Gasteiger partial charge in [0.15, 0.2) is 5.82 Å². The number of anilines is 1. The van der Waals surface area contributed by atoms with Crippen LogP contribution in [0, 0.1) is 0 Å². The molecule has 2 aromatic rings. The number of amides is 1. The Morgan fingerprint density at radius 3 is 3.00 bits per heavy atom. The predicted molar refractivity (Wildman–Crippen MR) is 72.9 cm³/mol. The Bertz CT molecular complexity index is 552. The lowest BCUT2D eigenvalue weighted by Gasteiger charge is -2.14. The van der Waals surface area contributed by atoms with Crippen LogP contribution in [0.25, 0.3) is 10.1 Å². The standard InChI is InChI=1S/C12H13ClN2OS/c1-3-5-10(16)15(2)12-11-8(13)6-4-7-9(11)17-14-12/h4,6-7H,3,5H2,1-2H3. The van der Waals surface area contributed by atoms with E-state index in [-0.39, 0.29) is 5.91 Å². The number of rotatable bonds is 3. The van der Waals surface area contributed by atoms with Crippen LogP contribution < -0.4 is 4.90 Å². The van der Waals surface area contributed by atoms with Gasteiger partial charge in [0.05, 0.1) is 15.1 Å². The molecule has 1 amide bonds. The van der Waals surface area contributed by atoms with Crippen molar-refractivity contribution in [2.45, 2.75) is 19.8 Å². The summed E-state index contributed by atoms with van der Waals surface area (Å²) in [5.74, 6) is 0.730. The van der Waals surface area contributed by atoms with Crippen molar-refractivity contribution in [3.05, 3.63) is 23.2 Å². The van der Waals surface area contributed by atoms with E-state index in [1.54, 1.807) is 11.9 Å². The third-order valence-electron chi connectivity index (χ3n) is 2.59. The fourth-order valence-electron chi connectivity index (χ4n) is 1.66.